The van der Waals surface area contributed by atoms with Crippen molar-refractivity contribution in [3.8, 4) is 5.69 Å². The summed E-state index contributed by atoms with van der Waals surface area (Å²) in [6.07, 6.45) is 3.66. The molecule has 1 aliphatic heterocycles. The van der Waals surface area contributed by atoms with Gasteiger partial charge in [0.2, 0.25) is 0 Å². The fourth-order valence-corrected chi connectivity index (χ4v) is 3.48. The van der Waals surface area contributed by atoms with Gasteiger partial charge in [-0.1, -0.05) is 6.92 Å². The van der Waals surface area contributed by atoms with Crippen molar-refractivity contribution in [3.05, 3.63) is 47.5 Å². The maximum Gasteiger partial charge on any atom is 0.310 e. The maximum absolute atomic E-state index is 13.2. The van der Waals surface area contributed by atoms with Gasteiger partial charge in [0.1, 0.15) is 5.82 Å². The molecule has 7 heteroatoms. The van der Waals surface area contributed by atoms with Gasteiger partial charge in [-0.25, -0.2) is 9.07 Å². The number of carbonyl (C=O) groups is 2. The molecule has 0 bridgehead atoms. The third-order valence-electron chi connectivity index (χ3n) is 4.83. The molecular formula is C20H24FN3O3. The lowest BCUT2D eigenvalue weighted by molar-refractivity contribution is -0.149. The Morgan fingerprint density at radius 2 is 2.00 bits per heavy atom. The second-order valence-electron chi connectivity index (χ2n) is 6.59. The zero-order valence-electron chi connectivity index (χ0n) is 15.7. The van der Waals surface area contributed by atoms with Crippen molar-refractivity contribution in [3.63, 3.8) is 0 Å². The molecule has 0 radical (unpaired) electrons. The molecule has 1 aromatic heterocycles. The van der Waals surface area contributed by atoms with Crippen LogP contribution in [-0.2, 0) is 16.0 Å². The number of aromatic nitrogens is 2. The van der Waals surface area contributed by atoms with Gasteiger partial charge < -0.3 is 9.64 Å². The number of carbonyl (C=O) groups excluding carboxylic acids is 2. The molecule has 0 aliphatic carbocycles. The minimum absolute atomic E-state index is 0.130. The van der Waals surface area contributed by atoms with Crippen molar-refractivity contribution < 1.29 is 18.7 Å². The number of esters is 1. The Kier molecular flexibility index (Phi) is 5.88. The number of likely N-dealkylation sites (tertiary alicyclic amines) is 1. The van der Waals surface area contributed by atoms with Gasteiger partial charge in [-0.05, 0) is 50.5 Å². The number of ether oxygens (including phenoxy) is 1. The summed E-state index contributed by atoms with van der Waals surface area (Å²) in [5.41, 5.74) is 1.99. The topological polar surface area (TPSA) is 64.4 Å². The van der Waals surface area contributed by atoms with E-state index in [1.807, 2.05) is 6.92 Å². The van der Waals surface area contributed by atoms with Crippen molar-refractivity contribution >= 4 is 11.9 Å². The molecule has 1 atom stereocenters. The number of benzene rings is 1. The number of hydrogen-bond acceptors (Lipinski definition) is 4. The van der Waals surface area contributed by atoms with E-state index in [4.69, 9.17) is 4.74 Å². The molecule has 1 fully saturated rings. The number of rotatable bonds is 5. The van der Waals surface area contributed by atoms with Crippen LogP contribution in [-0.4, -0.2) is 46.3 Å². The predicted octanol–water partition coefficient (Wildman–Crippen LogP) is 2.99. The quantitative estimate of drug-likeness (QED) is 0.756. The molecule has 0 spiro atoms. The first-order valence-corrected chi connectivity index (χ1v) is 9.33. The van der Waals surface area contributed by atoms with Crippen LogP contribution in [0.1, 0.15) is 42.7 Å². The highest BCUT2D eigenvalue weighted by Crippen LogP contribution is 2.23. The van der Waals surface area contributed by atoms with E-state index in [9.17, 15) is 14.0 Å². The van der Waals surface area contributed by atoms with Gasteiger partial charge in [0.25, 0.3) is 5.91 Å². The Morgan fingerprint density at radius 1 is 1.26 bits per heavy atom. The molecule has 1 aliphatic rings. The fourth-order valence-electron chi connectivity index (χ4n) is 3.48. The lowest BCUT2D eigenvalue weighted by Crippen LogP contribution is -2.43. The van der Waals surface area contributed by atoms with Gasteiger partial charge in [0, 0.05) is 13.1 Å². The molecule has 1 aromatic carbocycles. The van der Waals surface area contributed by atoms with Crippen LogP contribution >= 0.6 is 0 Å². The third-order valence-corrected chi connectivity index (χ3v) is 4.83. The number of hydrogen-bond donors (Lipinski definition) is 0. The first-order chi connectivity index (χ1) is 13.0. The Morgan fingerprint density at radius 3 is 2.67 bits per heavy atom. The average Bonchev–Trinajstić information content (AvgIpc) is 3.12. The van der Waals surface area contributed by atoms with Crippen LogP contribution in [0.5, 0.6) is 0 Å². The summed E-state index contributed by atoms with van der Waals surface area (Å²) in [4.78, 5) is 26.8. The van der Waals surface area contributed by atoms with Crippen molar-refractivity contribution in [1.82, 2.24) is 14.7 Å². The predicted molar refractivity (Wildman–Crippen MR) is 98.2 cm³/mol. The van der Waals surface area contributed by atoms with E-state index in [2.05, 4.69) is 5.10 Å². The highest BCUT2D eigenvalue weighted by atomic mass is 19.1. The monoisotopic (exact) mass is 373 g/mol. The number of piperidine rings is 1. The first-order valence-electron chi connectivity index (χ1n) is 9.33. The Labute approximate surface area is 157 Å². The summed E-state index contributed by atoms with van der Waals surface area (Å²) in [6.45, 7) is 5.04. The molecule has 0 saturated carbocycles. The van der Waals surface area contributed by atoms with E-state index in [1.54, 1.807) is 34.8 Å². The molecule has 2 aromatic rings. The zero-order valence-corrected chi connectivity index (χ0v) is 15.7. The number of amides is 1. The van der Waals surface area contributed by atoms with E-state index in [0.29, 0.717) is 37.4 Å². The Balaban J connectivity index is 1.82. The van der Waals surface area contributed by atoms with Crippen molar-refractivity contribution in [2.45, 2.75) is 33.1 Å². The van der Waals surface area contributed by atoms with Gasteiger partial charge in [0.05, 0.1) is 35.7 Å². The molecule has 0 unspecified atom stereocenters. The van der Waals surface area contributed by atoms with Gasteiger partial charge in [-0.15, -0.1) is 0 Å². The summed E-state index contributed by atoms with van der Waals surface area (Å²) in [5, 5.41) is 4.34. The normalized spacial score (nSPS) is 17.0. The Bertz CT molecular complexity index is 816. The van der Waals surface area contributed by atoms with Gasteiger partial charge in [-0.3, -0.25) is 9.59 Å². The second-order valence-corrected chi connectivity index (χ2v) is 6.59. The SMILES string of the molecule is CCOC(=O)[C@H]1CCCN(C(=O)c2cnn(-c3ccc(F)cc3)c2CC)C1. The molecule has 6 nitrogen and oxygen atoms in total. The maximum atomic E-state index is 13.2. The molecular weight excluding hydrogens is 349 g/mol. The van der Waals surface area contributed by atoms with E-state index >= 15 is 0 Å². The van der Waals surface area contributed by atoms with E-state index in [1.165, 1.54) is 12.1 Å². The smallest absolute Gasteiger partial charge is 0.310 e. The summed E-state index contributed by atoms with van der Waals surface area (Å²) in [7, 11) is 0. The van der Waals surface area contributed by atoms with Crippen LogP contribution in [0.25, 0.3) is 5.69 Å². The van der Waals surface area contributed by atoms with E-state index in [0.717, 1.165) is 18.5 Å². The van der Waals surface area contributed by atoms with Crippen LogP contribution in [0.4, 0.5) is 4.39 Å². The van der Waals surface area contributed by atoms with Gasteiger partial charge >= 0.3 is 5.97 Å². The van der Waals surface area contributed by atoms with Crippen LogP contribution in [0.2, 0.25) is 0 Å². The molecule has 1 amide bonds. The first kappa shape index (κ1) is 19.1. The largest absolute Gasteiger partial charge is 0.466 e. The second kappa shape index (κ2) is 8.33. The summed E-state index contributed by atoms with van der Waals surface area (Å²) in [6, 6.07) is 6.00. The van der Waals surface area contributed by atoms with Crippen molar-refractivity contribution in [2.75, 3.05) is 19.7 Å². The molecule has 1 saturated heterocycles. The van der Waals surface area contributed by atoms with Crippen LogP contribution in [0.3, 0.4) is 0 Å². The minimum atomic E-state index is -0.321. The van der Waals surface area contributed by atoms with Crippen molar-refractivity contribution in [2.24, 2.45) is 5.92 Å². The van der Waals surface area contributed by atoms with Crippen LogP contribution < -0.4 is 0 Å². The van der Waals surface area contributed by atoms with Crippen LogP contribution in [0.15, 0.2) is 30.5 Å². The average molecular weight is 373 g/mol. The molecule has 144 valence electrons. The van der Waals surface area contributed by atoms with Gasteiger partial charge in [0.15, 0.2) is 0 Å². The third kappa shape index (κ3) is 4.02. The molecule has 0 N–H and O–H groups in total. The molecule has 27 heavy (non-hydrogen) atoms. The van der Waals surface area contributed by atoms with Crippen LogP contribution in [0, 0.1) is 11.7 Å². The lowest BCUT2D eigenvalue weighted by atomic mass is 9.97. The molecule has 3 rings (SSSR count). The van der Waals surface area contributed by atoms with Crippen molar-refractivity contribution in [1.29, 1.82) is 0 Å². The molecule has 2 heterocycles. The van der Waals surface area contributed by atoms with Gasteiger partial charge in [-0.2, -0.15) is 5.10 Å². The summed E-state index contributed by atoms with van der Waals surface area (Å²) < 4.78 is 20.0. The number of halogens is 1. The van der Waals surface area contributed by atoms with E-state index in [-0.39, 0.29) is 23.6 Å². The fraction of sp³-hybridized carbons (Fsp3) is 0.450. The highest BCUT2D eigenvalue weighted by molar-refractivity contribution is 5.95. The number of nitrogens with zero attached hydrogens (tertiary/aromatic N) is 3. The highest BCUT2D eigenvalue weighted by Gasteiger charge is 2.31. The summed E-state index contributed by atoms with van der Waals surface area (Å²) in [5.74, 6) is -0.972. The lowest BCUT2D eigenvalue weighted by Gasteiger charge is -2.31. The standard InChI is InChI=1S/C20H24FN3O3/c1-3-18-17(12-22-24(18)16-9-7-15(21)8-10-16)19(25)23-11-5-6-14(13-23)20(26)27-4-2/h7-10,12,14H,3-6,11,13H2,1-2H3/t14-/m0/s1. The minimum Gasteiger partial charge on any atom is -0.466 e. The zero-order chi connectivity index (χ0) is 19.4. The van der Waals surface area contributed by atoms with E-state index < -0.39 is 0 Å². The summed E-state index contributed by atoms with van der Waals surface area (Å²) >= 11 is 0. The Hall–Kier alpha value is -2.70.